The summed E-state index contributed by atoms with van der Waals surface area (Å²) in [6.45, 7) is 2.81. The van der Waals surface area contributed by atoms with Crippen LogP contribution in [-0.4, -0.2) is 6.61 Å². The van der Waals surface area contributed by atoms with Crippen LogP contribution in [0.1, 0.15) is 18.6 Å². The van der Waals surface area contributed by atoms with Crippen LogP contribution in [0.3, 0.4) is 0 Å². The van der Waals surface area contributed by atoms with Gasteiger partial charge in [0.1, 0.15) is 6.10 Å². The number of hydrogen-bond donors (Lipinski definition) is 0. The van der Waals surface area contributed by atoms with E-state index in [2.05, 4.69) is 13.0 Å². The molecule has 0 N–H and O–H groups in total. The Morgan fingerprint density at radius 3 is 2.54 bits per heavy atom. The zero-order chi connectivity index (χ0) is 9.26. The molecule has 1 aromatic carbocycles. The van der Waals surface area contributed by atoms with Crippen LogP contribution in [0.15, 0.2) is 35.9 Å². The van der Waals surface area contributed by atoms with Gasteiger partial charge in [0.05, 0.1) is 6.61 Å². The van der Waals surface area contributed by atoms with Crippen molar-refractivity contribution in [2.24, 2.45) is 0 Å². The average Bonchev–Trinajstić information content (AvgIpc) is 2.53. The highest BCUT2D eigenvalue weighted by atomic mass is 35.5. The van der Waals surface area contributed by atoms with Gasteiger partial charge in [0.25, 0.3) is 0 Å². The average molecular weight is 195 g/mol. The maximum Gasteiger partial charge on any atom is 0.104 e. The second kappa shape index (κ2) is 3.52. The molecule has 1 unspecified atom stereocenters. The molecule has 0 aromatic heterocycles. The van der Waals surface area contributed by atoms with E-state index in [0.717, 1.165) is 11.6 Å². The number of halogens is 1. The van der Waals surface area contributed by atoms with Gasteiger partial charge in [0, 0.05) is 5.02 Å². The zero-order valence-electron chi connectivity index (χ0n) is 7.46. The van der Waals surface area contributed by atoms with Crippen LogP contribution >= 0.6 is 11.6 Å². The molecule has 1 heterocycles. The van der Waals surface area contributed by atoms with Crippen molar-refractivity contribution in [2.45, 2.75) is 13.0 Å². The van der Waals surface area contributed by atoms with Gasteiger partial charge in [0.15, 0.2) is 0 Å². The van der Waals surface area contributed by atoms with Crippen molar-refractivity contribution in [3.63, 3.8) is 0 Å². The lowest BCUT2D eigenvalue weighted by Gasteiger charge is -2.11. The largest absolute Gasteiger partial charge is 0.365 e. The Morgan fingerprint density at radius 2 is 2.00 bits per heavy atom. The van der Waals surface area contributed by atoms with Gasteiger partial charge in [-0.15, -0.1) is 0 Å². The van der Waals surface area contributed by atoms with E-state index in [9.17, 15) is 0 Å². The molecule has 0 radical (unpaired) electrons. The monoisotopic (exact) mass is 194 g/mol. The fraction of sp³-hybridized carbons (Fsp3) is 0.273. The van der Waals surface area contributed by atoms with Gasteiger partial charge < -0.3 is 4.74 Å². The summed E-state index contributed by atoms with van der Waals surface area (Å²) in [5, 5.41) is 0.767. The van der Waals surface area contributed by atoms with E-state index in [1.54, 1.807) is 0 Å². The minimum atomic E-state index is 0.136. The standard InChI is InChI=1S/C11H11ClO/c1-8-6-7-13-11(8)9-2-4-10(12)5-3-9/h2-6,11H,7H2,1H3. The van der Waals surface area contributed by atoms with Crippen LogP contribution in [0.4, 0.5) is 0 Å². The van der Waals surface area contributed by atoms with Gasteiger partial charge in [-0.1, -0.05) is 29.8 Å². The molecule has 0 amide bonds. The summed E-state index contributed by atoms with van der Waals surface area (Å²) in [4.78, 5) is 0. The first kappa shape index (κ1) is 8.79. The zero-order valence-corrected chi connectivity index (χ0v) is 8.21. The highest BCUT2D eigenvalue weighted by molar-refractivity contribution is 6.30. The molecule has 13 heavy (non-hydrogen) atoms. The summed E-state index contributed by atoms with van der Waals surface area (Å²) in [5.41, 5.74) is 2.46. The van der Waals surface area contributed by atoms with Crippen molar-refractivity contribution in [1.82, 2.24) is 0 Å². The summed E-state index contributed by atoms with van der Waals surface area (Å²) in [6, 6.07) is 7.81. The second-order valence-electron chi connectivity index (χ2n) is 3.21. The highest BCUT2D eigenvalue weighted by Gasteiger charge is 2.17. The van der Waals surface area contributed by atoms with Crippen molar-refractivity contribution >= 4 is 11.6 Å². The molecular weight excluding hydrogens is 184 g/mol. The van der Waals surface area contributed by atoms with Crippen LogP contribution in [0.25, 0.3) is 0 Å². The minimum absolute atomic E-state index is 0.136. The summed E-state index contributed by atoms with van der Waals surface area (Å²) < 4.78 is 5.56. The third-order valence-corrected chi connectivity index (χ3v) is 2.51. The van der Waals surface area contributed by atoms with E-state index >= 15 is 0 Å². The Bertz CT molecular complexity index is 326. The Balaban J connectivity index is 2.26. The number of benzene rings is 1. The van der Waals surface area contributed by atoms with E-state index in [0.29, 0.717) is 0 Å². The van der Waals surface area contributed by atoms with Gasteiger partial charge in [-0.2, -0.15) is 0 Å². The lowest BCUT2D eigenvalue weighted by Crippen LogP contribution is -1.98. The fourth-order valence-electron chi connectivity index (χ4n) is 1.51. The minimum Gasteiger partial charge on any atom is -0.365 e. The molecule has 68 valence electrons. The third-order valence-electron chi connectivity index (χ3n) is 2.25. The SMILES string of the molecule is CC1=CCOC1c1ccc(Cl)cc1. The first-order chi connectivity index (χ1) is 6.27. The van der Waals surface area contributed by atoms with Crippen LogP contribution in [0, 0.1) is 0 Å². The molecule has 1 aromatic rings. The lowest BCUT2D eigenvalue weighted by atomic mass is 10.0. The van der Waals surface area contributed by atoms with Crippen molar-refractivity contribution in [2.75, 3.05) is 6.61 Å². The second-order valence-corrected chi connectivity index (χ2v) is 3.65. The van der Waals surface area contributed by atoms with E-state index in [1.165, 1.54) is 11.1 Å². The molecule has 2 heteroatoms. The van der Waals surface area contributed by atoms with E-state index in [4.69, 9.17) is 16.3 Å². The summed E-state index contributed by atoms with van der Waals surface area (Å²) in [6.07, 6.45) is 2.25. The number of hydrogen-bond acceptors (Lipinski definition) is 1. The summed E-state index contributed by atoms with van der Waals surface area (Å²) in [7, 11) is 0. The third kappa shape index (κ3) is 1.77. The molecule has 1 nitrogen and oxygen atoms in total. The van der Waals surface area contributed by atoms with Crippen molar-refractivity contribution in [3.05, 3.63) is 46.5 Å². The maximum absolute atomic E-state index is 5.80. The van der Waals surface area contributed by atoms with Gasteiger partial charge in [-0.05, 0) is 30.2 Å². The van der Waals surface area contributed by atoms with Crippen molar-refractivity contribution in [1.29, 1.82) is 0 Å². The normalized spacial score (nSPS) is 21.7. The molecule has 0 aliphatic carbocycles. The summed E-state index contributed by atoms with van der Waals surface area (Å²) in [5.74, 6) is 0. The van der Waals surface area contributed by atoms with E-state index in [1.807, 2.05) is 24.3 Å². The molecular formula is C11H11ClO. The maximum atomic E-state index is 5.80. The predicted octanol–water partition coefficient (Wildman–Crippen LogP) is 3.36. The Kier molecular flexibility index (Phi) is 2.38. The molecule has 0 spiro atoms. The van der Waals surface area contributed by atoms with Crippen molar-refractivity contribution in [3.8, 4) is 0 Å². The fourth-order valence-corrected chi connectivity index (χ4v) is 1.64. The molecule has 0 fully saturated rings. The first-order valence-corrected chi connectivity index (χ1v) is 4.69. The number of rotatable bonds is 1. The van der Waals surface area contributed by atoms with Gasteiger partial charge >= 0.3 is 0 Å². The topological polar surface area (TPSA) is 9.23 Å². The lowest BCUT2D eigenvalue weighted by molar-refractivity contribution is 0.123. The smallest absolute Gasteiger partial charge is 0.104 e. The molecule has 0 bridgehead atoms. The van der Waals surface area contributed by atoms with Crippen molar-refractivity contribution < 1.29 is 4.74 Å². The molecule has 0 saturated heterocycles. The van der Waals surface area contributed by atoms with Crippen LogP contribution in [0.5, 0.6) is 0 Å². The Hall–Kier alpha value is -0.790. The van der Waals surface area contributed by atoms with Gasteiger partial charge in [-0.25, -0.2) is 0 Å². The molecule has 1 atom stereocenters. The molecule has 2 rings (SSSR count). The highest BCUT2D eigenvalue weighted by Crippen LogP contribution is 2.30. The molecule has 1 aliphatic rings. The van der Waals surface area contributed by atoms with E-state index in [-0.39, 0.29) is 6.10 Å². The Morgan fingerprint density at radius 1 is 1.31 bits per heavy atom. The molecule has 0 saturated carbocycles. The molecule has 1 aliphatic heterocycles. The van der Waals surface area contributed by atoms with Crippen LogP contribution in [-0.2, 0) is 4.74 Å². The van der Waals surface area contributed by atoms with Gasteiger partial charge in [0.2, 0.25) is 0 Å². The quantitative estimate of drug-likeness (QED) is 0.623. The first-order valence-electron chi connectivity index (χ1n) is 4.31. The Labute approximate surface area is 83.0 Å². The van der Waals surface area contributed by atoms with E-state index < -0.39 is 0 Å². The van der Waals surface area contributed by atoms with Gasteiger partial charge in [-0.3, -0.25) is 0 Å². The van der Waals surface area contributed by atoms with Crippen LogP contribution < -0.4 is 0 Å². The number of ether oxygens (including phenoxy) is 1. The predicted molar refractivity (Wildman–Crippen MR) is 53.9 cm³/mol. The van der Waals surface area contributed by atoms with Crippen LogP contribution in [0.2, 0.25) is 5.02 Å². The summed E-state index contributed by atoms with van der Waals surface area (Å²) >= 11 is 5.80.